The van der Waals surface area contributed by atoms with Gasteiger partial charge in [0.1, 0.15) is 0 Å². The maximum absolute atomic E-state index is 12.0. The standard InChI is InChI=1S/C15H16N2O4/c18-14-7-10(4-6-13(14)17(20)21)15(19)16-8-11-2-1-9-3-5-12(9)11/h3-7,9,11-12,18H,1-2,8H2,(H,16,19). The second kappa shape index (κ2) is 5.20. The van der Waals surface area contributed by atoms with Gasteiger partial charge in [-0.05, 0) is 42.7 Å². The van der Waals surface area contributed by atoms with Crippen molar-refractivity contribution in [3.63, 3.8) is 0 Å². The number of aromatic hydroxyl groups is 1. The zero-order valence-corrected chi connectivity index (χ0v) is 11.4. The molecule has 6 heteroatoms. The molecule has 2 N–H and O–H groups in total. The summed E-state index contributed by atoms with van der Waals surface area (Å²) in [6.45, 7) is 0.599. The Bertz CT molecular complexity index is 626. The molecule has 0 aliphatic heterocycles. The molecule has 2 aliphatic rings. The predicted molar refractivity (Wildman–Crippen MR) is 75.9 cm³/mol. The van der Waals surface area contributed by atoms with Crippen molar-refractivity contribution in [2.45, 2.75) is 12.8 Å². The Morgan fingerprint density at radius 1 is 1.38 bits per heavy atom. The molecule has 0 aromatic heterocycles. The van der Waals surface area contributed by atoms with E-state index in [9.17, 15) is 20.0 Å². The number of allylic oxidation sites excluding steroid dienone is 2. The molecule has 1 aromatic carbocycles. The number of carbonyl (C=O) groups is 1. The van der Waals surface area contributed by atoms with E-state index in [2.05, 4.69) is 17.5 Å². The van der Waals surface area contributed by atoms with Crippen LogP contribution in [0.5, 0.6) is 5.75 Å². The zero-order valence-electron chi connectivity index (χ0n) is 11.4. The van der Waals surface area contributed by atoms with E-state index >= 15 is 0 Å². The molecule has 3 rings (SSSR count). The van der Waals surface area contributed by atoms with Crippen LogP contribution in [0.3, 0.4) is 0 Å². The highest BCUT2D eigenvalue weighted by Gasteiger charge is 2.37. The number of nitro groups is 1. The Balaban J connectivity index is 1.61. The topological polar surface area (TPSA) is 92.5 Å². The van der Waals surface area contributed by atoms with Crippen molar-refractivity contribution in [3.05, 3.63) is 46.0 Å². The average molecular weight is 288 g/mol. The number of nitrogens with one attached hydrogen (secondary N) is 1. The fourth-order valence-electron chi connectivity index (χ4n) is 3.17. The summed E-state index contributed by atoms with van der Waals surface area (Å²) in [5, 5.41) is 23.0. The van der Waals surface area contributed by atoms with Gasteiger partial charge >= 0.3 is 5.69 Å². The minimum atomic E-state index is -0.682. The number of hydrogen-bond acceptors (Lipinski definition) is 4. The molecule has 1 fully saturated rings. The third kappa shape index (κ3) is 2.49. The van der Waals surface area contributed by atoms with Gasteiger partial charge in [-0.3, -0.25) is 14.9 Å². The van der Waals surface area contributed by atoms with Gasteiger partial charge in [0, 0.05) is 18.2 Å². The number of nitrogens with zero attached hydrogens (tertiary/aromatic N) is 1. The van der Waals surface area contributed by atoms with Gasteiger partial charge in [0.05, 0.1) is 4.92 Å². The number of hydrogen-bond donors (Lipinski definition) is 2. The fraction of sp³-hybridized carbons (Fsp3) is 0.400. The monoisotopic (exact) mass is 288 g/mol. The minimum Gasteiger partial charge on any atom is -0.502 e. The number of carbonyl (C=O) groups excluding carboxylic acids is 1. The van der Waals surface area contributed by atoms with Crippen LogP contribution in [0, 0.1) is 27.9 Å². The second-order valence-electron chi connectivity index (χ2n) is 5.63. The molecule has 3 atom stereocenters. The van der Waals surface area contributed by atoms with E-state index in [0.717, 1.165) is 18.6 Å². The van der Waals surface area contributed by atoms with Crippen LogP contribution in [0.15, 0.2) is 30.4 Å². The molecule has 0 spiro atoms. The SMILES string of the molecule is O=C(NCC1CCC2C=CC21)c1ccc([N+](=O)[O-])c(O)c1. The van der Waals surface area contributed by atoms with Gasteiger partial charge in [-0.25, -0.2) is 0 Å². The van der Waals surface area contributed by atoms with Crippen molar-refractivity contribution in [1.82, 2.24) is 5.32 Å². The van der Waals surface area contributed by atoms with E-state index in [4.69, 9.17) is 0 Å². The smallest absolute Gasteiger partial charge is 0.310 e. The summed E-state index contributed by atoms with van der Waals surface area (Å²) in [5.74, 6) is 0.920. The van der Waals surface area contributed by atoms with Gasteiger partial charge in [-0.1, -0.05) is 12.2 Å². The third-order valence-electron chi connectivity index (χ3n) is 4.45. The normalized spacial score (nSPS) is 26.0. The number of nitro benzene ring substituents is 1. The number of phenols is 1. The summed E-state index contributed by atoms with van der Waals surface area (Å²) in [6.07, 6.45) is 6.71. The highest BCUT2D eigenvalue weighted by Crippen LogP contribution is 2.44. The first kappa shape index (κ1) is 13.6. The summed E-state index contributed by atoms with van der Waals surface area (Å²) in [7, 11) is 0. The molecule has 0 bridgehead atoms. The molecular weight excluding hydrogens is 272 g/mol. The lowest BCUT2D eigenvalue weighted by Gasteiger charge is -2.26. The van der Waals surface area contributed by atoms with Crippen molar-refractivity contribution in [1.29, 1.82) is 0 Å². The Morgan fingerprint density at radius 3 is 2.76 bits per heavy atom. The first-order valence-electron chi connectivity index (χ1n) is 7.00. The van der Waals surface area contributed by atoms with E-state index < -0.39 is 16.4 Å². The Hall–Kier alpha value is -2.37. The van der Waals surface area contributed by atoms with Gasteiger partial charge in [0.25, 0.3) is 5.91 Å². The maximum Gasteiger partial charge on any atom is 0.310 e. The molecule has 1 aromatic rings. The largest absolute Gasteiger partial charge is 0.502 e. The summed E-state index contributed by atoms with van der Waals surface area (Å²) >= 11 is 0. The number of benzene rings is 1. The summed E-state index contributed by atoms with van der Waals surface area (Å²) < 4.78 is 0. The van der Waals surface area contributed by atoms with Crippen molar-refractivity contribution < 1.29 is 14.8 Å². The van der Waals surface area contributed by atoms with E-state index in [1.807, 2.05) is 0 Å². The lowest BCUT2D eigenvalue weighted by Crippen LogP contribution is -2.32. The van der Waals surface area contributed by atoms with Gasteiger partial charge in [-0.15, -0.1) is 0 Å². The molecule has 0 radical (unpaired) electrons. The quantitative estimate of drug-likeness (QED) is 0.505. The molecule has 0 saturated heterocycles. The molecule has 2 aliphatic carbocycles. The van der Waals surface area contributed by atoms with Crippen LogP contribution in [-0.4, -0.2) is 22.5 Å². The van der Waals surface area contributed by atoms with Gasteiger partial charge in [0.2, 0.25) is 0 Å². The van der Waals surface area contributed by atoms with Crippen molar-refractivity contribution >= 4 is 11.6 Å². The van der Waals surface area contributed by atoms with Crippen LogP contribution in [0.2, 0.25) is 0 Å². The summed E-state index contributed by atoms with van der Waals surface area (Å²) in [5.41, 5.74) is -0.165. The first-order chi connectivity index (χ1) is 10.1. The number of amides is 1. The van der Waals surface area contributed by atoms with E-state index in [0.29, 0.717) is 24.3 Å². The number of fused-ring (bicyclic) bond motifs is 1. The van der Waals surface area contributed by atoms with E-state index in [1.54, 1.807) is 0 Å². The summed E-state index contributed by atoms with van der Waals surface area (Å²) in [6, 6.07) is 3.63. The Morgan fingerprint density at radius 2 is 2.19 bits per heavy atom. The summed E-state index contributed by atoms with van der Waals surface area (Å²) in [4.78, 5) is 22.0. The fourth-order valence-corrected chi connectivity index (χ4v) is 3.17. The van der Waals surface area contributed by atoms with Crippen LogP contribution in [0.4, 0.5) is 5.69 Å². The molecule has 110 valence electrons. The van der Waals surface area contributed by atoms with E-state index in [-0.39, 0.29) is 11.5 Å². The highest BCUT2D eigenvalue weighted by molar-refractivity contribution is 5.95. The second-order valence-corrected chi connectivity index (χ2v) is 5.63. The Labute approximate surface area is 121 Å². The van der Waals surface area contributed by atoms with Crippen molar-refractivity contribution in [3.8, 4) is 5.75 Å². The molecule has 0 heterocycles. The van der Waals surface area contributed by atoms with Crippen LogP contribution >= 0.6 is 0 Å². The van der Waals surface area contributed by atoms with Gasteiger partial charge < -0.3 is 10.4 Å². The lowest BCUT2D eigenvalue weighted by molar-refractivity contribution is -0.385. The maximum atomic E-state index is 12.0. The van der Waals surface area contributed by atoms with Crippen LogP contribution < -0.4 is 5.32 Å². The molecule has 6 nitrogen and oxygen atoms in total. The molecular formula is C15H16N2O4. The van der Waals surface area contributed by atoms with Crippen LogP contribution in [0.1, 0.15) is 23.2 Å². The molecule has 21 heavy (non-hydrogen) atoms. The third-order valence-corrected chi connectivity index (χ3v) is 4.45. The average Bonchev–Trinajstić information content (AvgIpc) is 2.69. The van der Waals surface area contributed by atoms with Crippen LogP contribution in [0.25, 0.3) is 0 Å². The Kier molecular flexibility index (Phi) is 3.37. The molecule has 1 saturated carbocycles. The van der Waals surface area contributed by atoms with Crippen molar-refractivity contribution in [2.75, 3.05) is 6.54 Å². The minimum absolute atomic E-state index is 0.233. The van der Waals surface area contributed by atoms with Gasteiger partial charge in [0.15, 0.2) is 5.75 Å². The van der Waals surface area contributed by atoms with Crippen LogP contribution in [-0.2, 0) is 0 Å². The zero-order chi connectivity index (χ0) is 15.0. The van der Waals surface area contributed by atoms with Gasteiger partial charge in [-0.2, -0.15) is 0 Å². The number of phenolic OH excluding ortho intramolecular Hbond substituents is 1. The molecule has 3 unspecified atom stereocenters. The number of rotatable bonds is 4. The van der Waals surface area contributed by atoms with E-state index in [1.165, 1.54) is 12.5 Å². The predicted octanol–water partition coefficient (Wildman–Crippen LogP) is 2.24. The van der Waals surface area contributed by atoms with Crippen molar-refractivity contribution in [2.24, 2.45) is 17.8 Å². The first-order valence-corrected chi connectivity index (χ1v) is 7.00. The molecule has 1 amide bonds. The lowest BCUT2D eigenvalue weighted by atomic mass is 9.80. The highest BCUT2D eigenvalue weighted by atomic mass is 16.6.